The van der Waals surface area contributed by atoms with Gasteiger partial charge in [0.25, 0.3) is 5.91 Å². The first kappa shape index (κ1) is 15.5. The Balaban J connectivity index is 2.01. The molecule has 1 fully saturated rings. The molecule has 0 bridgehead atoms. The lowest BCUT2D eigenvalue weighted by Crippen LogP contribution is -2.49. The Hall–Kier alpha value is -1.90. The van der Waals surface area contributed by atoms with Gasteiger partial charge in [-0.2, -0.15) is 0 Å². The van der Waals surface area contributed by atoms with Crippen LogP contribution in [-0.4, -0.2) is 31.7 Å². The molecule has 0 heterocycles. The zero-order valence-electron chi connectivity index (χ0n) is 12.0. The summed E-state index contributed by atoms with van der Waals surface area (Å²) in [6.07, 6.45) is 2.98. The Bertz CT molecular complexity index is 580. The standard InChI is InChI=1S/C16H19FN2O2/c1-21-16(7-3-8-16)11-19-15(20)13-6-5-12(4-2-9-18)14(17)10-13/h5-6,10H,3,7-9,11,18H2,1H3,(H,19,20). The van der Waals surface area contributed by atoms with Crippen molar-refractivity contribution in [3.63, 3.8) is 0 Å². The average molecular weight is 290 g/mol. The molecule has 0 saturated heterocycles. The van der Waals surface area contributed by atoms with E-state index in [1.54, 1.807) is 13.2 Å². The first-order valence-corrected chi connectivity index (χ1v) is 6.92. The second-order valence-corrected chi connectivity index (χ2v) is 5.12. The summed E-state index contributed by atoms with van der Waals surface area (Å²) in [5.41, 5.74) is 5.51. The molecule has 1 aliphatic carbocycles. The van der Waals surface area contributed by atoms with Gasteiger partial charge in [0.2, 0.25) is 0 Å². The average Bonchev–Trinajstić information content (AvgIpc) is 2.45. The molecule has 0 atom stereocenters. The van der Waals surface area contributed by atoms with Crippen molar-refractivity contribution in [2.45, 2.75) is 24.9 Å². The van der Waals surface area contributed by atoms with E-state index in [2.05, 4.69) is 17.2 Å². The molecule has 4 nitrogen and oxygen atoms in total. The molecule has 0 radical (unpaired) electrons. The van der Waals surface area contributed by atoms with Crippen molar-refractivity contribution in [2.24, 2.45) is 5.73 Å². The number of ether oxygens (including phenoxy) is 1. The van der Waals surface area contributed by atoms with Gasteiger partial charge in [0, 0.05) is 19.2 Å². The molecular formula is C16H19FN2O2. The van der Waals surface area contributed by atoms with Crippen molar-refractivity contribution in [1.82, 2.24) is 5.32 Å². The van der Waals surface area contributed by atoms with Gasteiger partial charge < -0.3 is 15.8 Å². The summed E-state index contributed by atoms with van der Waals surface area (Å²) in [6.45, 7) is 0.611. The maximum atomic E-state index is 13.8. The second-order valence-electron chi connectivity index (χ2n) is 5.12. The fourth-order valence-corrected chi connectivity index (χ4v) is 2.27. The maximum Gasteiger partial charge on any atom is 0.251 e. The molecule has 1 aromatic carbocycles. The molecule has 1 aromatic rings. The monoisotopic (exact) mass is 290 g/mol. The summed E-state index contributed by atoms with van der Waals surface area (Å²) in [4.78, 5) is 12.0. The Labute approximate surface area is 123 Å². The number of amides is 1. The Morgan fingerprint density at radius 2 is 2.29 bits per heavy atom. The number of rotatable bonds is 4. The van der Waals surface area contributed by atoms with Crippen LogP contribution in [0.4, 0.5) is 4.39 Å². The topological polar surface area (TPSA) is 64.3 Å². The lowest BCUT2D eigenvalue weighted by molar-refractivity contribution is -0.0679. The first-order valence-electron chi connectivity index (χ1n) is 6.92. The zero-order valence-corrected chi connectivity index (χ0v) is 12.0. The van der Waals surface area contributed by atoms with Gasteiger partial charge in [0.15, 0.2) is 0 Å². The summed E-state index contributed by atoms with van der Waals surface area (Å²) >= 11 is 0. The van der Waals surface area contributed by atoms with Crippen molar-refractivity contribution in [3.8, 4) is 11.8 Å². The lowest BCUT2D eigenvalue weighted by atomic mass is 9.80. The Kier molecular flexibility index (Phi) is 4.94. The Morgan fingerprint density at radius 3 is 2.81 bits per heavy atom. The van der Waals surface area contributed by atoms with E-state index in [9.17, 15) is 9.18 Å². The number of hydrogen-bond donors (Lipinski definition) is 2. The quantitative estimate of drug-likeness (QED) is 0.825. The molecule has 0 aliphatic heterocycles. The molecule has 1 aliphatic rings. The van der Waals surface area contributed by atoms with Crippen molar-refractivity contribution in [3.05, 3.63) is 35.1 Å². The molecule has 0 spiro atoms. The van der Waals surface area contributed by atoms with E-state index in [1.807, 2.05) is 0 Å². The summed E-state index contributed by atoms with van der Waals surface area (Å²) in [5.74, 6) is 4.37. The molecule has 0 unspecified atom stereocenters. The number of carbonyl (C=O) groups is 1. The van der Waals surface area contributed by atoms with Crippen molar-refractivity contribution >= 4 is 5.91 Å². The largest absolute Gasteiger partial charge is 0.376 e. The SMILES string of the molecule is COC1(CNC(=O)c2ccc(C#CCN)c(F)c2)CCC1. The van der Waals surface area contributed by atoms with Gasteiger partial charge in [-0.05, 0) is 37.5 Å². The summed E-state index contributed by atoms with van der Waals surface area (Å²) < 4.78 is 19.2. The molecule has 0 aromatic heterocycles. The van der Waals surface area contributed by atoms with Gasteiger partial charge in [-0.1, -0.05) is 11.8 Å². The predicted octanol–water partition coefficient (Wildman–Crippen LogP) is 1.43. The third-order valence-electron chi connectivity index (χ3n) is 3.83. The molecule has 1 saturated carbocycles. The highest BCUT2D eigenvalue weighted by atomic mass is 19.1. The van der Waals surface area contributed by atoms with Crippen LogP contribution in [0.3, 0.4) is 0 Å². The molecule has 2 rings (SSSR count). The minimum absolute atomic E-state index is 0.167. The van der Waals surface area contributed by atoms with Crippen LogP contribution in [0, 0.1) is 17.7 Å². The second kappa shape index (κ2) is 6.70. The highest BCUT2D eigenvalue weighted by Gasteiger charge is 2.37. The smallest absolute Gasteiger partial charge is 0.251 e. The number of nitrogens with two attached hydrogens (primary N) is 1. The summed E-state index contributed by atoms with van der Waals surface area (Å²) in [7, 11) is 1.65. The third kappa shape index (κ3) is 3.60. The summed E-state index contributed by atoms with van der Waals surface area (Å²) in [5, 5.41) is 2.80. The number of methoxy groups -OCH3 is 1. The van der Waals surface area contributed by atoms with Crippen LogP contribution in [0.25, 0.3) is 0 Å². The number of benzene rings is 1. The van der Waals surface area contributed by atoms with Crippen LogP contribution in [0.15, 0.2) is 18.2 Å². The molecule has 112 valence electrons. The van der Waals surface area contributed by atoms with Gasteiger partial charge >= 0.3 is 0 Å². The van der Waals surface area contributed by atoms with Crippen LogP contribution in [0.2, 0.25) is 0 Å². The van der Waals surface area contributed by atoms with Crippen LogP contribution < -0.4 is 11.1 Å². The van der Waals surface area contributed by atoms with E-state index in [-0.39, 0.29) is 29.2 Å². The first-order chi connectivity index (χ1) is 10.1. The molecule has 5 heteroatoms. The number of nitrogens with one attached hydrogen (secondary N) is 1. The minimum Gasteiger partial charge on any atom is -0.376 e. The zero-order chi connectivity index (χ0) is 15.3. The van der Waals surface area contributed by atoms with Crippen LogP contribution in [0.5, 0.6) is 0 Å². The van der Waals surface area contributed by atoms with Crippen molar-refractivity contribution in [1.29, 1.82) is 0 Å². The van der Waals surface area contributed by atoms with Gasteiger partial charge in [0.1, 0.15) is 5.82 Å². The Morgan fingerprint density at radius 1 is 1.52 bits per heavy atom. The molecule has 21 heavy (non-hydrogen) atoms. The van der Waals surface area contributed by atoms with Crippen molar-refractivity contribution in [2.75, 3.05) is 20.2 Å². The molecule has 1 amide bonds. The van der Waals surface area contributed by atoms with E-state index >= 15 is 0 Å². The van der Waals surface area contributed by atoms with Crippen molar-refractivity contribution < 1.29 is 13.9 Å². The number of hydrogen-bond acceptors (Lipinski definition) is 3. The maximum absolute atomic E-state index is 13.8. The van der Waals surface area contributed by atoms with E-state index in [0.29, 0.717) is 6.54 Å². The highest BCUT2D eigenvalue weighted by molar-refractivity contribution is 5.94. The van der Waals surface area contributed by atoms with Gasteiger partial charge in [-0.25, -0.2) is 4.39 Å². The lowest BCUT2D eigenvalue weighted by Gasteiger charge is -2.40. The highest BCUT2D eigenvalue weighted by Crippen LogP contribution is 2.34. The van der Waals surface area contributed by atoms with E-state index in [0.717, 1.165) is 19.3 Å². The summed E-state index contributed by atoms with van der Waals surface area (Å²) in [6, 6.07) is 4.23. The van der Waals surface area contributed by atoms with Gasteiger partial charge in [0.05, 0.1) is 17.7 Å². The normalized spacial score (nSPS) is 15.6. The van der Waals surface area contributed by atoms with Crippen LogP contribution in [0.1, 0.15) is 35.2 Å². The number of carbonyl (C=O) groups excluding carboxylic acids is 1. The minimum atomic E-state index is -0.520. The van der Waals surface area contributed by atoms with Gasteiger partial charge in [-0.15, -0.1) is 0 Å². The third-order valence-corrected chi connectivity index (χ3v) is 3.83. The van der Waals surface area contributed by atoms with Gasteiger partial charge in [-0.3, -0.25) is 4.79 Å². The molecular weight excluding hydrogens is 271 g/mol. The number of halogens is 1. The van der Waals surface area contributed by atoms with Crippen LogP contribution in [-0.2, 0) is 4.74 Å². The fourth-order valence-electron chi connectivity index (χ4n) is 2.27. The fraction of sp³-hybridized carbons (Fsp3) is 0.438. The van der Waals surface area contributed by atoms with E-state index < -0.39 is 5.82 Å². The van der Waals surface area contributed by atoms with E-state index in [4.69, 9.17) is 10.5 Å². The van der Waals surface area contributed by atoms with E-state index in [1.165, 1.54) is 12.1 Å². The predicted molar refractivity (Wildman–Crippen MR) is 78.3 cm³/mol. The molecule has 3 N–H and O–H groups in total. The van der Waals surface area contributed by atoms with Crippen LogP contribution >= 0.6 is 0 Å².